The standard InChI is InChI=1S/C19H18ClN5O3/c1-27-19(26)25-10-8-24(9-11-25)17-15(6-3-7-21-17)18-22-16(23-28-18)13-4-2-5-14(20)12-13/h2-7,12H,8-11H2,1H3. The second-order valence-corrected chi connectivity index (χ2v) is 6.69. The maximum absolute atomic E-state index is 11.7. The Hall–Kier alpha value is -3.13. The zero-order valence-corrected chi connectivity index (χ0v) is 16.0. The molecule has 3 heterocycles. The Morgan fingerprint density at radius 2 is 2.00 bits per heavy atom. The summed E-state index contributed by atoms with van der Waals surface area (Å²) >= 11 is 6.05. The van der Waals surface area contributed by atoms with Crippen molar-refractivity contribution in [1.82, 2.24) is 20.0 Å². The molecular weight excluding hydrogens is 382 g/mol. The van der Waals surface area contributed by atoms with E-state index < -0.39 is 0 Å². The van der Waals surface area contributed by atoms with Gasteiger partial charge in [-0.15, -0.1) is 0 Å². The van der Waals surface area contributed by atoms with Crippen molar-refractivity contribution in [3.05, 3.63) is 47.6 Å². The molecule has 1 fully saturated rings. The quantitative estimate of drug-likeness (QED) is 0.667. The second kappa shape index (κ2) is 7.85. The lowest BCUT2D eigenvalue weighted by molar-refractivity contribution is 0.121. The van der Waals surface area contributed by atoms with Crippen molar-refractivity contribution in [2.24, 2.45) is 0 Å². The van der Waals surface area contributed by atoms with E-state index in [0.717, 1.165) is 16.9 Å². The molecule has 9 heteroatoms. The maximum Gasteiger partial charge on any atom is 0.409 e. The van der Waals surface area contributed by atoms with Crippen LogP contribution in [0.15, 0.2) is 47.1 Å². The van der Waals surface area contributed by atoms with Crippen LogP contribution in [-0.2, 0) is 4.74 Å². The Morgan fingerprint density at radius 3 is 2.75 bits per heavy atom. The molecule has 0 spiro atoms. The van der Waals surface area contributed by atoms with Gasteiger partial charge >= 0.3 is 6.09 Å². The van der Waals surface area contributed by atoms with Crippen molar-refractivity contribution in [3.8, 4) is 22.8 Å². The first-order valence-electron chi connectivity index (χ1n) is 8.78. The highest BCUT2D eigenvalue weighted by Crippen LogP contribution is 2.30. The summed E-state index contributed by atoms with van der Waals surface area (Å²) in [6.07, 6.45) is 1.41. The summed E-state index contributed by atoms with van der Waals surface area (Å²) in [6, 6.07) is 11.0. The summed E-state index contributed by atoms with van der Waals surface area (Å²) in [7, 11) is 1.39. The third-order valence-corrected chi connectivity index (χ3v) is 4.77. The molecule has 0 bridgehead atoms. The molecule has 28 heavy (non-hydrogen) atoms. The van der Waals surface area contributed by atoms with Crippen LogP contribution in [0.25, 0.3) is 22.8 Å². The number of carbonyl (C=O) groups excluding carboxylic acids is 1. The Balaban J connectivity index is 1.58. The van der Waals surface area contributed by atoms with Crippen LogP contribution < -0.4 is 4.90 Å². The maximum atomic E-state index is 11.7. The van der Waals surface area contributed by atoms with Crippen LogP contribution in [0.1, 0.15) is 0 Å². The lowest BCUT2D eigenvalue weighted by Gasteiger charge is -2.35. The van der Waals surface area contributed by atoms with Gasteiger partial charge in [-0.2, -0.15) is 4.98 Å². The first-order chi connectivity index (χ1) is 13.7. The number of carbonyl (C=O) groups is 1. The smallest absolute Gasteiger partial charge is 0.409 e. The molecule has 0 saturated carbocycles. The van der Waals surface area contributed by atoms with Crippen molar-refractivity contribution >= 4 is 23.5 Å². The highest BCUT2D eigenvalue weighted by atomic mass is 35.5. The van der Waals surface area contributed by atoms with Gasteiger partial charge in [0.05, 0.1) is 12.7 Å². The van der Waals surface area contributed by atoms with Gasteiger partial charge in [-0.05, 0) is 24.3 Å². The number of methoxy groups -OCH3 is 1. The fourth-order valence-corrected chi connectivity index (χ4v) is 3.31. The minimum Gasteiger partial charge on any atom is -0.453 e. The van der Waals surface area contributed by atoms with Gasteiger partial charge in [0.25, 0.3) is 5.89 Å². The van der Waals surface area contributed by atoms with Crippen molar-refractivity contribution < 1.29 is 14.1 Å². The first kappa shape index (κ1) is 18.2. The zero-order valence-electron chi connectivity index (χ0n) is 15.2. The first-order valence-corrected chi connectivity index (χ1v) is 9.16. The molecule has 1 aromatic carbocycles. The van der Waals surface area contributed by atoms with E-state index in [1.165, 1.54) is 7.11 Å². The van der Waals surface area contributed by atoms with Gasteiger partial charge in [-0.3, -0.25) is 0 Å². The summed E-state index contributed by atoms with van der Waals surface area (Å²) < 4.78 is 10.3. The number of piperazine rings is 1. The van der Waals surface area contributed by atoms with E-state index in [-0.39, 0.29) is 6.09 Å². The molecule has 1 saturated heterocycles. The topological polar surface area (TPSA) is 84.6 Å². The van der Waals surface area contributed by atoms with Gasteiger partial charge in [0.15, 0.2) is 0 Å². The number of nitrogens with zero attached hydrogens (tertiary/aromatic N) is 5. The average Bonchev–Trinajstić information content (AvgIpc) is 3.23. The molecular formula is C19H18ClN5O3. The molecule has 0 atom stereocenters. The SMILES string of the molecule is COC(=O)N1CCN(c2ncccc2-c2nc(-c3cccc(Cl)c3)no2)CC1. The minimum absolute atomic E-state index is 0.316. The molecule has 1 aliphatic rings. The number of pyridine rings is 1. The van der Waals surface area contributed by atoms with E-state index in [9.17, 15) is 4.79 Å². The highest BCUT2D eigenvalue weighted by Gasteiger charge is 2.25. The average molecular weight is 400 g/mol. The summed E-state index contributed by atoms with van der Waals surface area (Å²) in [5, 5.41) is 4.68. The van der Waals surface area contributed by atoms with Gasteiger partial charge in [0.1, 0.15) is 5.82 Å². The number of hydrogen-bond acceptors (Lipinski definition) is 7. The van der Waals surface area contributed by atoms with Gasteiger partial charge in [-0.1, -0.05) is 28.9 Å². The van der Waals surface area contributed by atoms with Crippen LogP contribution >= 0.6 is 11.6 Å². The molecule has 1 aliphatic heterocycles. The number of halogens is 1. The Labute approximate surface area is 166 Å². The Bertz CT molecular complexity index is 985. The van der Waals surface area contributed by atoms with E-state index >= 15 is 0 Å². The van der Waals surface area contributed by atoms with E-state index in [4.69, 9.17) is 20.9 Å². The number of amides is 1. The van der Waals surface area contributed by atoms with Crippen molar-refractivity contribution in [3.63, 3.8) is 0 Å². The largest absolute Gasteiger partial charge is 0.453 e. The summed E-state index contributed by atoms with van der Waals surface area (Å²) in [5.41, 5.74) is 1.52. The van der Waals surface area contributed by atoms with Crippen LogP contribution in [-0.4, -0.2) is 59.4 Å². The highest BCUT2D eigenvalue weighted by molar-refractivity contribution is 6.30. The van der Waals surface area contributed by atoms with Crippen LogP contribution in [0.4, 0.5) is 10.6 Å². The van der Waals surface area contributed by atoms with Crippen LogP contribution in [0, 0.1) is 0 Å². The van der Waals surface area contributed by atoms with E-state index in [0.29, 0.717) is 42.9 Å². The van der Waals surface area contributed by atoms with E-state index in [2.05, 4.69) is 20.0 Å². The minimum atomic E-state index is -0.316. The molecule has 0 aliphatic carbocycles. The monoisotopic (exact) mass is 399 g/mol. The Kier molecular flexibility index (Phi) is 5.12. The molecule has 0 unspecified atom stereocenters. The fourth-order valence-electron chi connectivity index (χ4n) is 3.12. The molecule has 0 radical (unpaired) electrons. The second-order valence-electron chi connectivity index (χ2n) is 6.25. The fraction of sp³-hybridized carbons (Fsp3) is 0.263. The molecule has 8 nitrogen and oxygen atoms in total. The lowest BCUT2D eigenvalue weighted by atomic mass is 10.2. The van der Waals surface area contributed by atoms with Crippen molar-refractivity contribution in [1.29, 1.82) is 0 Å². The number of rotatable bonds is 3. The normalized spacial score (nSPS) is 14.2. The zero-order chi connectivity index (χ0) is 19.5. The van der Waals surface area contributed by atoms with Crippen molar-refractivity contribution in [2.75, 3.05) is 38.2 Å². The summed E-state index contributed by atoms with van der Waals surface area (Å²) in [6.45, 7) is 2.38. The molecule has 2 aromatic heterocycles. The third kappa shape index (κ3) is 3.63. The van der Waals surface area contributed by atoms with E-state index in [1.54, 1.807) is 23.2 Å². The number of anilines is 1. The number of ether oxygens (including phenoxy) is 1. The van der Waals surface area contributed by atoms with Gasteiger partial charge < -0.3 is 19.1 Å². The van der Waals surface area contributed by atoms with Crippen LogP contribution in [0.3, 0.4) is 0 Å². The molecule has 4 rings (SSSR count). The van der Waals surface area contributed by atoms with E-state index in [1.807, 2.05) is 24.3 Å². The predicted molar refractivity (Wildman–Crippen MR) is 104 cm³/mol. The number of benzene rings is 1. The number of hydrogen-bond donors (Lipinski definition) is 0. The Morgan fingerprint density at radius 1 is 1.18 bits per heavy atom. The molecule has 3 aromatic rings. The molecule has 144 valence electrons. The molecule has 0 N–H and O–H groups in total. The van der Waals surface area contributed by atoms with Gasteiger partial charge in [-0.25, -0.2) is 9.78 Å². The van der Waals surface area contributed by atoms with Crippen LogP contribution in [0.5, 0.6) is 0 Å². The lowest BCUT2D eigenvalue weighted by Crippen LogP contribution is -2.49. The van der Waals surface area contributed by atoms with Crippen LogP contribution in [0.2, 0.25) is 5.02 Å². The summed E-state index contributed by atoms with van der Waals surface area (Å²) in [4.78, 5) is 24.5. The molecule has 1 amide bonds. The van der Waals surface area contributed by atoms with Crippen molar-refractivity contribution in [2.45, 2.75) is 0 Å². The third-order valence-electron chi connectivity index (χ3n) is 4.54. The predicted octanol–water partition coefficient (Wildman–Crippen LogP) is 3.34. The van der Waals surface area contributed by atoms with Gasteiger partial charge in [0, 0.05) is 43.0 Å². The summed E-state index contributed by atoms with van der Waals surface area (Å²) in [5.74, 6) is 1.59. The van der Waals surface area contributed by atoms with Gasteiger partial charge in [0.2, 0.25) is 5.82 Å². The number of aromatic nitrogens is 3.